The van der Waals surface area contributed by atoms with Crippen LogP contribution in [0.5, 0.6) is 0 Å². The van der Waals surface area contributed by atoms with Crippen LogP contribution in [0.15, 0.2) is 36.8 Å². The molecule has 100 valence electrons. The lowest BCUT2D eigenvalue weighted by atomic mass is 9.86. The lowest BCUT2D eigenvalue weighted by molar-refractivity contribution is -0.0689. The summed E-state index contributed by atoms with van der Waals surface area (Å²) < 4.78 is 8.17. The van der Waals surface area contributed by atoms with Crippen LogP contribution in [0, 0.1) is 0 Å². The summed E-state index contributed by atoms with van der Waals surface area (Å²) in [6, 6.07) is 8.52. The van der Waals surface area contributed by atoms with E-state index in [0.29, 0.717) is 12.5 Å². The molecular weight excluding hydrogens is 260 g/mol. The number of benzene rings is 1. The van der Waals surface area contributed by atoms with E-state index in [-0.39, 0.29) is 11.6 Å². The molecule has 1 atom stereocenters. The highest BCUT2D eigenvalue weighted by Crippen LogP contribution is 2.40. The summed E-state index contributed by atoms with van der Waals surface area (Å²) >= 11 is 6.01. The first-order valence-corrected chi connectivity index (χ1v) is 6.95. The van der Waals surface area contributed by atoms with Gasteiger partial charge < -0.3 is 9.30 Å². The van der Waals surface area contributed by atoms with Crippen molar-refractivity contribution in [1.82, 2.24) is 9.55 Å². The molecule has 4 heteroatoms. The van der Waals surface area contributed by atoms with Gasteiger partial charge in [0.25, 0.3) is 0 Å². The normalized spacial score (nSPS) is 21.1. The Hall–Kier alpha value is -1.32. The summed E-state index contributed by atoms with van der Waals surface area (Å²) in [4.78, 5) is 4.23. The number of nitrogens with zero attached hydrogens (tertiary/aromatic N) is 2. The molecule has 3 rings (SSSR count). The van der Waals surface area contributed by atoms with E-state index >= 15 is 0 Å². The summed E-state index contributed by atoms with van der Waals surface area (Å²) in [6.45, 7) is 4.89. The van der Waals surface area contributed by atoms with Crippen molar-refractivity contribution in [1.29, 1.82) is 0 Å². The van der Waals surface area contributed by atoms with Crippen LogP contribution in [0.1, 0.15) is 36.7 Å². The molecule has 0 aliphatic carbocycles. The van der Waals surface area contributed by atoms with E-state index < -0.39 is 0 Å². The van der Waals surface area contributed by atoms with Crippen LogP contribution in [-0.2, 0) is 17.2 Å². The van der Waals surface area contributed by atoms with Crippen molar-refractivity contribution in [3.63, 3.8) is 0 Å². The summed E-state index contributed by atoms with van der Waals surface area (Å²) in [5.74, 6) is 0.453. The average Bonchev–Trinajstić information content (AvgIpc) is 2.85. The molecule has 2 heterocycles. The monoisotopic (exact) mass is 276 g/mol. The molecule has 0 spiro atoms. The molecule has 1 unspecified atom stereocenters. The molecular formula is C15H17ClN2O. The number of halogens is 1. The van der Waals surface area contributed by atoms with Crippen LogP contribution in [-0.4, -0.2) is 15.2 Å². The van der Waals surface area contributed by atoms with E-state index in [2.05, 4.69) is 41.6 Å². The number of hydrogen-bond donors (Lipinski definition) is 0. The van der Waals surface area contributed by atoms with Crippen LogP contribution in [0.3, 0.4) is 0 Å². The van der Waals surface area contributed by atoms with Crippen molar-refractivity contribution >= 4 is 11.6 Å². The van der Waals surface area contributed by atoms with Crippen molar-refractivity contribution in [2.24, 2.45) is 0 Å². The number of rotatable bonds is 2. The molecule has 0 saturated carbocycles. The molecule has 1 aromatic carbocycles. The van der Waals surface area contributed by atoms with Crippen LogP contribution >= 0.6 is 11.6 Å². The largest absolute Gasteiger partial charge is 0.368 e. The Balaban J connectivity index is 2.17. The lowest BCUT2D eigenvalue weighted by Crippen LogP contribution is -2.41. The Morgan fingerprint density at radius 2 is 2.21 bits per heavy atom. The van der Waals surface area contributed by atoms with Crippen molar-refractivity contribution in [2.75, 3.05) is 0 Å². The number of aromatic nitrogens is 2. The van der Waals surface area contributed by atoms with Gasteiger partial charge in [0.1, 0.15) is 0 Å². The van der Waals surface area contributed by atoms with Gasteiger partial charge in [-0.2, -0.15) is 0 Å². The minimum atomic E-state index is -0.282. The standard InChI is InChI=1S/C15H17ClN2O/c1-15(2)14(18-10-17-8-12(18)7-16)13-6-4-3-5-11(13)9-19-15/h3-6,8,10,14H,7,9H2,1-2H3. The second-order valence-corrected chi connectivity index (χ2v) is 5.69. The highest BCUT2D eigenvalue weighted by Gasteiger charge is 2.38. The van der Waals surface area contributed by atoms with E-state index in [0.717, 1.165) is 5.69 Å². The molecule has 3 nitrogen and oxygen atoms in total. The quantitative estimate of drug-likeness (QED) is 0.785. The van der Waals surface area contributed by atoms with Crippen molar-refractivity contribution < 1.29 is 4.74 Å². The third-order valence-corrected chi connectivity index (χ3v) is 4.04. The number of fused-ring (bicyclic) bond motifs is 1. The predicted octanol–water partition coefficient (Wildman–Crippen LogP) is 3.52. The molecule has 1 aliphatic rings. The summed E-state index contributed by atoms with van der Waals surface area (Å²) in [6.07, 6.45) is 3.66. The van der Waals surface area contributed by atoms with E-state index in [1.807, 2.05) is 18.6 Å². The third-order valence-electron chi connectivity index (χ3n) is 3.77. The average molecular weight is 277 g/mol. The zero-order valence-electron chi connectivity index (χ0n) is 11.1. The van der Waals surface area contributed by atoms with Gasteiger partial charge >= 0.3 is 0 Å². The lowest BCUT2D eigenvalue weighted by Gasteiger charge is -2.41. The zero-order valence-corrected chi connectivity index (χ0v) is 11.9. The van der Waals surface area contributed by atoms with Crippen molar-refractivity contribution in [3.05, 3.63) is 53.6 Å². The second kappa shape index (κ2) is 4.66. The number of imidazole rings is 1. The second-order valence-electron chi connectivity index (χ2n) is 5.42. The Morgan fingerprint density at radius 3 is 3.00 bits per heavy atom. The Morgan fingerprint density at radius 1 is 1.42 bits per heavy atom. The van der Waals surface area contributed by atoms with Crippen LogP contribution < -0.4 is 0 Å². The van der Waals surface area contributed by atoms with Gasteiger partial charge in [-0.05, 0) is 25.0 Å². The first kappa shape index (κ1) is 12.7. The molecule has 0 radical (unpaired) electrons. The third kappa shape index (κ3) is 2.07. The molecule has 19 heavy (non-hydrogen) atoms. The first-order valence-electron chi connectivity index (χ1n) is 6.42. The van der Waals surface area contributed by atoms with Gasteiger partial charge in [-0.15, -0.1) is 11.6 Å². The molecule has 0 fully saturated rings. The smallest absolute Gasteiger partial charge is 0.0955 e. The SMILES string of the molecule is CC1(C)OCc2ccccc2C1n1cncc1CCl. The van der Waals surface area contributed by atoms with Gasteiger partial charge in [0.2, 0.25) is 0 Å². The van der Waals surface area contributed by atoms with Crippen LogP contribution in [0.2, 0.25) is 0 Å². The molecule has 2 aromatic rings. The maximum Gasteiger partial charge on any atom is 0.0955 e. The van der Waals surface area contributed by atoms with Crippen molar-refractivity contribution in [2.45, 2.75) is 38.0 Å². The number of ether oxygens (including phenoxy) is 1. The topological polar surface area (TPSA) is 27.1 Å². The van der Waals surface area contributed by atoms with Gasteiger partial charge in [0.15, 0.2) is 0 Å². The Kier molecular flexibility index (Phi) is 3.11. The van der Waals surface area contributed by atoms with Gasteiger partial charge in [0, 0.05) is 6.20 Å². The number of alkyl halides is 1. The fourth-order valence-corrected chi connectivity index (χ4v) is 3.01. The van der Waals surface area contributed by atoms with Gasteiger partial charge in [-0.25, -0.2) is 4.98 Å². The molecule has 1 aromatic heterocycles. The first-order chi connectivity index (χ1) is 9.13. The maximum absolute atomic E-state index is 6.04. The molecule has 1 aliphatic heterocycles. The zero-order chi connectivity index (χ0) is 13.5. The predicted molar refractivity (Wildman–Crippen MR) is 75.2 cm³/mol. The highest BCUT2D eigenvalue weighted by atomic mass is 35.5. The van der Waals surface area contributed by atoms with E-state index in [4.69, 9.17) is 16.3 Å². The van der Waals surface area contributed by atoms with E-state index in [1.54, 1.807) is 0 Å². The Bertz CT molecular complexity index is 591. The van der Waals surface area contributed by atoms with Crippen molar-refractivity contribution in [3.8, 4) is 0 Å². The fraction of sp³-hybridized carbons (Fsp3) is 0.400. The summed E-state index contributed by atoms with van der Waals surface area (Å²) in [7, 11) is 0. The van der Waals surface area contributed by atoms with Crippen LogP contribution in [0.25, 0.3) is 0 Å². The fourth-order valence-electron chi connectivity index (χ4n) is 2.80. The van der Waals surface area contributed by atoms with E-state index in [9.17, 15) is 0 Å². The van der Waals surface area contributed by atoms with Crippen LogP contribution in [0.4, 0.5) is 0 Å². The van der Waals surface area contributed by atoms with Gasteiger partial charge in [0.05, 0.1) is 36.2 Å². The minimum absolute atomic E-state index is 0.105. The molecule has 0 N–H and O–H groups in total. The molecule has 0 saturated heterocycles. The Labute approximate surface area is 118 Å². The summed E-state index contributed by atoms with van der Waals surface area (Å²) in [5, 5.41) is 0. The minimum Gasteiger partial charge on any atom is -0.368 e. The summed E-state index contributed by atoms with van der Waals surface area (Å²) in [5.41, 5.74) is 3.26. The highest BCUT2D eigenvalue weighted by molar-refractivity contribution is 6.16. The van der Waals surface area contributed by atoms with E-state index in [1.165, 1.54) is 11.1 Å². The number of hydrogen-bond acceptors (Lipinski definition) is 2. The molecule has 0 amide bonds. The van der Waals surface area contributed by atoms with Gasteiger partial charge in [-0.3, -0.25) is 0 Å². The maximum atomic E-state index is 6.04. The van der Waals surface area contributed by atoms with Gasteiger partial charge in [-0.1, -0.05) is 24.3 Å². The molecule has 0 bridgehead atoms.